The minimum absolute atomic E-state index is 0.368. The summed E-state index contributed by atoms with van der Waals surface area (Å²) in [5.74, 6) is 5.49. The van der Waals surface area contributed by atoms with Crippen molar-refractivity contribution in [1.29, 1.82) is 0 Å². The molecule has 0 atom stereocenters. The summed E-state index contributed by atoms with van der Waals surface area (Å²) in [5.41, 5.74) is 12.3. The molecular formula is C14H16N4. The number of hydrazone groups is 1. The number of amidine groups is 1. The van der Waals surface area contributed by atoms with E-state index in [0.717, 1.165) is 16.7 Å². The van der Waals surface area contributed by atoms with Crippen LogP contribution in [0.3, 0.4) is 0 Å². The van der Waals surface area contributed by atoms with Gasteiger partial charge in [-0.25, -0.2) is 11.4 Å². The van der Waals surface area contributed by atoms with E-state index in [4.69, 9.17) is 11.6 Å². The quantitative estimate of drug-likeness (QED) is 0.331. The Morgan fingerprint density at radius 1 is 1.06 bits per heavy atom. The summed E-state index contributed by atoms with van der Waals surface area (Å²) in [6.45, 7) is 2.07. The van der Waals surface area contributed by atoms with Gasteiger partial charge in [0.05, 0.1) is 0 Å². The SMILES string of the molecule is Cc1cccc(-c2cccc(/C(N)=N/NN)c2)c1. The van der Waals surface area contributed by atoms with E-state index in [0.29, 0.717) is 5.84 Å². The van der Waals surface area contributed by atoms with Gasteiger partial charge in [-0.1, -0.05) is 48.0 Å². The lowest BCUT2D eigenvalue weighted by Gasteiger charge is -2.06. The first-order chi connectivity index (χ1) is 8.70. The fourth-order valence-electron chi connectivity index (χ4n) is 1.82. The Hall–Kier alpha value is -2.33. The van der Waals surface area contributed by atoms with Crippen molar-refractivity contribution in [2.75, 3.05) is 0 Å². The third-order valence-electron chi connectivity index (χ3n) is 2.69. The van der Waals surface area contributed by atoms with Gasteiger partial charge in [-0.05, 0) is 24.1 Å². The average Bonchev–Trinajstić information content (AvgIpc) is 2.39. The Bertz CT molecular complexity index is 576. The van der Waals surface area contributed by atoms with E-state index < -0.39 is 0 Å². The van der Waals surface area contributed by atoms with Gasteiger partial charge in [-0.2, -0.15) is 0 Å². The van der Waals surface area contributed by atoms with E-state index >= 15 is 0 Å². The van der Waals surface area contributed by atoms with Crippen LogP contribution in [-0.2, 0) is 0 Å². The predicted molar refractivity (Wildman–Crippen MR) is 74.7 cm³/mol. The molecule has 0 saturated heterocycles. The van der Waals surface area contributed by atoms with Crippen LogP contribution in [0.1, 0.15) is 11.1 Å². The molecule has 92 valence electrons. The fraction of sp³-hybridized carbons (Fsp3) is 0.0714. The number of hydrazine groups is 1. The zero-order valence-electron chi connectivity index (χ0n) is 10.2. The number of nitrogens with zero attached hydrogens (tertiary/aromatic N) is 1. The molecule has 0 aliphatic carbocycles. The van der Waals surface area contributed by atoms with Crippen LogP contribution in [0.2, 0.25) is 0 Å². The number of nitrogens with one attached hydrogen (secondary N) is 1. The van der Waals surface area contributed by atoms with Crippen LogP contribution in [-0.4, -0.2) is 5.84 Å². The Balaban J connectivity index is 2.41. The molecule has 5 N–H and O–H groups in total. The molecule has 0 fully saturated rings. The number of rotatable bonds is 3. The van der Waals surface area contributed by atoms with E-state index in [2.05, 4.69) is 35.8 Å². The van der Waals surface area contributed by atoms with E-state index in [-0.39, 0.29) is 0 Å². The summed E-state index contributed by atoms with van der Waals surface area (Å²) < 4.78 is 0. The molecule has 0 bridgehead atoms. The normalized spacial score (nSPS) is 11.3. The molecule has 2 aromatic carbocycles. The Morgan fingerprint density at radius 3 is 2.39 bits per heavy atom. The monoisotopic (exact) mass is 240 g/mol. The van der Waals surface area contributed by atoms with Crippen LogP contribution in [0, 0.1) is 6.92 Å². The molecule has 4 nitrogen and oxygen atoms in total. The van der Waals surface area contributed by atoms with Crippen LogP contribution in [0.25, 0.3) is 11.1 Å². The lowest BCUT2D eigenvalue weighted by Crippen LogP contribution is -2.22. The number of hydrogen-bond donors (Lipinski definition) is 3. The van der Waals surface area contributed by atoms with E-state index in [1.54, 1.807) is 0 Å². The highest BCUT2D eigenvalue weighted by atomic mass is 15.5. The number of aryl methyl sites for hydroxylation is 1. The standard InChI is InChI=1S/C14H16N4/c1-10-4-2-5-11(8-10)12-6-3-7-13(9-12)14(15)17-18-16/h2-9,18H,16H2,1H3,(H2,15,17). The third-order valence-corrected chi connectivity index (χ3v) is 2.69. The smallest absolute Gasteiger partial charge is 0.152 e. The third kappa shape index (κ3) is 2.67. The van der Waals surface area contributed by atoms with Crippen molar-refractivity contribution in [3.05, 3.63) is 59.7 Å². The van der Waals surface area contributed by atoms with Crippen molar-refractivity contribution in [3.8, 4) is 11.1 Å². The molecule has 0 heterocycles. The van der Waals surface area contributed by atoms with Crippen LogP contribution in [0.5, 0.6) is 0 Å². The van der Waals surface area contributed by atoms with Crippen molar-refractivity contribution < 1.29 is 0 Å². The Kier molecular flexibility index (Phi) is 3.60. The fourth-order valence-corrected chi connectivity index (χ4v) is 1.82. The lowest BCUT2D eigenvalue weighted by atomic mass is 10.0. The molecular weight excluding hydrogens is 224 g/mol. The molecule has 2 aromatic rings. The van der Waals surface area contributed by atoms with Crippen LogP contribution in [0.4, 0.5) is 0 Å². The van der Waals surface area contributed by atoms with Gasteiger partial charge in [0.25, 0.3) is 0 Å². The van der Waals surface area contributed by atoms with Crippen LogP contribution in [0.15, 0.2) is 53.6 Å². The largest absolute Gasteiger partial charge is 0.382 e. The maximum Gasteiger partial charge on any atom is 0.152 e. The van der Waals surface area contributed by atoms with Crippen molar-refractivity contribution in [1.82, 2.24) is 5.53 Å². The van der Waals surface area contributed by atoms with Gasteiger partial charge in [0.1, 0.15) is 0 Å². The molecule has 0 aliphatic rings. The van der Waals surface area contributed by atoms with Gasteiger partial charge in [-0.15, -0.1) is 5.10 Å². The van der Waals surface area contributed by atoms with Gasteiger partial charge >= 0.3 is 0 Å². The highest BCUT2D eigenvalue weighted by molar-refractivity contribution is 5.98. The number of benzene rings is 2. The van der Waals surface area contributed by atoms with Crippen molar-refractivity contribution in [2.24, 2.45) is 16.7 Å². The van der Waals surface area contributed by atoms with Gasteiger partial charge in [-0.3, -0.25) is 0 Å². The Labute approximate surface area is 106 Å². The van der Waals surface area contributed by atoms with Crippen molar-refractivity contribution in [2.45, 2.75) is 6.92 Å². The predicted octanol–water partition coefficient (Wildman–Crippen LogP) is 1.75. The maximum atomic E-state index is 5.79. The topological polar surface area (TPSA) is 76.4 Å². The summed E-state index contributed by atoms with van der Waals surface area (Å²) in [7, 11) is 0. The number of hydrogen-bond acceptors (Lipinski definition) is 3. The minimum atomic E-state index is 0.368. The van der Waals surface area contributed by atoms with Gasteiger partial charge in [0.15, 0.2) is 5.84 Å². The first-order valence-electron chi connectivity index (χ1n) is 5.67. The summed E-state index contributed by atoms with van der Waals surface area (Å²) in [6, 6.07) is 16.2. The Morgan fingerprint density at radius 2 is 1.72 bits per heavy atom. The highest BCUT2D eigenvalue weighted by Crippen LogP contribution is 2.21. The molecule has 0 saturated carbocycles. The van der Waals surface area contributed by atoms with Crippen LogP contribution < -0.4 is 17.1 Å². The van der Waals surface area contributed by atoms with Crippen molar-refractivity contribution >= 4 is 5.84 Å². The van der Waals surface area contributed by atoms with E-state index in [9.17, 15) is 0 Å². The number of nitrogens with two attached hydrogens (primary N) is 2. The van der Waals surface area contributed by atoms with Crippen molar-refractivity contribution in [3.63, 3.8) is 0 Å². The average molecular weight is 240 g/mol. The molecule has 0 radical (unpaired) electrons. The van der Waals surface area contributed by atoms with Gasteiger partial charge in [0.2, 0.25) is 0 Å². The highest BCUT2D eigenvalue weighted by Gasteiger charge is 2.02. The molecule has 2 rings (SSSR count). The second kappa shape index (κ2) is 5.33. The van der Waals surface area contributed by atoms with E-state index in [1.807, 2.05) is 30.3 Å². The summed E-state index contributed by atoms with van der Waals surface area (Å²) >= 11 is 0. The van der Waals surface area contributed by atoms with Crippen LogP contribution >= 0.6 is 0 Å². The van der Waals surface area contributed by atoms with Gasteiger partial charge < -0.3 is 5.73 Å². The molecule has 0 aromatic heterocycles. The first-order valence-corrected chi connectivity index (χ1v) is 5.67. The zero-order valence-corrected chi connectivity index (χ0v) is 10.2. The molecule has 4 heteroatoms. The maximum absolute atomic E-state index is 5.79. The summed E-state index contributed by atoms with van der Waals surface area (Å²) in [5, 5.41) is 3.77. The molecule has 0 aliphatic heterocycles. The molecule has 18 heavy (non-hydrogen) atoms. The minimum Gasteiger partial charge on any atom is -0.382 e. The lowest BCUT2D eigenvalue weighted by molar-refractivity contribution is 0.804. The van der Waals surface area contributed by atoms with E-state index in [1.165, 1.54) is 5.56 Å². The first kappa shape index (κ1) is 12.1. The summed E-state index contributed by atoms with van der Waals surface area (Å²) in [4.78, 5) is 0. The zero-order chi connectivity index (χ0) is 13.0. The molecule has 0 amide bonds. The summed E-state index contributed by atoms with van der Waals surface area (Å²) in [6.07, 6.45) is 0. The second-order valence-corrected chi connectivity index (χ2v) is 4.08. The second-order valence-electron chi connectivity index (χ2n) is 4.08. The van der Waals surface area contributed by atoms with Gasteiger partial charge in [0, 0.05) is 5.56 Å². The molecule has 0 spiro atoms. The molecule has 0 unspecified atom stereocenters.